The molecule has 140 valence electrons. The minimum Gasteiger partial charge on any atom is -0.456 e. The Hall–Kier alpha value is -3.14. The maximum absolute atomic E-state index is 13.0. The van der Waals surface area contributed by atoms with Gasteiger partial charge in [0.2, 0.25) is 11.7 Å². The summed E-state index contributed by atoms with van der Waals surface area (Å²) < 4.78 is 36.0. The number of amides is 1. The second kappa shape index (κ2) is 8.49. The van der Waals surface area contributed by atoms with E-state index in [1.165, 1.54) is 11.3 Å². The fraction of sp³-hybridized carbons (Fsp3) is 0.176. The fourth-order valence-electron chi connectivity index (χ4n) is 2.11. The van der Waals surface area contributed by atoms with E-state index in [0.29, 0.717) is 11.9 Å². The normalized spacial score (nSPS) is 10.6. The second-order valence-electron chi connectivity index (χ2n) is 5.36. The zero-order chi connectivity index (χ0) is 19.2. The van der Waals surface area contributed by atoms with Gasteiger partial charge in [0, 0.05) is 18.2 Å². The van der Waals surface area contributed by atoms with Gasteiger partial charge in [0.15, 0.2) is 6.61 Å². The van der Waals surface area contributed by atoms with Crippen LogP contribution in [0.3, 0.4) is 0 Å². The van der Waals surface area contributed by atoms with Crippen molar-refractivity contribution in [3.05, 3.63) is 53.2 Å². The summed E-state index contributed by atoms with van der Waals surface area (Å²) in [6.45, 7) is -0.582. The molecule has 7 nitrogen and oxygen atoms in total. The number of nitrogens with zero attached hydrogens (tertiary/aromatic N) is 2. The molecule has 0 fully saturated rings. The Morgan fingerprint density at radius 2 is 2.00 bits per heavy atom. The van der Waals surface area contributed by atoms with Gasteiger partial charge in [-0.05, 0) is 23.6 Å². The molecule has 1 N–H and O–H groups in total. The number of hydrogen-bond acceptors (Lipinski definition) is 7. The van der Waals surface area contributed by atoms with E-state index in [0.717, 1.165) is 17.0 Å². The number of thiophene rings is 1. The van der Waals surface area contributed by atoms with E-state index < -0.39 is 30.1 Å². The van der Waals surface area contributed by atoms with Gasteiger partial charge < -0.3 is 14.6 Å². The highest BCUT2D eigenvalue weighted by molar-refractivity contribution is 7.13. The number of carbonyl (C=O) groups excluding carboxylic acids is 2. The van der Waals surface area contributed by atoms with Crippen LogP contribution in [0.1, 0.15) is 12.3 Å². The van der Waals surface area contributed by atoms with E-state index in [9.17, 15) is 18.4 Å². The first-order valence-corrected chi connectivity index (χ1v) is 8.65. The van der Waals surface area contributed by atoms with E-state index >= 15 is 0 Å². The Bertz CT molecular complexity index is 923. The van der Waals surface area contributed by atoms with Crippen LogP contribution in [0.15, 0.2) is 40.2 Å². The van der Waals surface area contributed by atoms with Crippen LogP contribution in [0.4, 0.5) is 14.5 Å². The second-order valence-corrected chi connectivity index (χ2v) is 6.30. The van der Waals surface area contributed by atoms with Gasteiger partial charge in [-0.3, -0.25) is 9.59 Å². The summed E-state index contributed by atoms with van der Waals surface area (Å²) in [6.07, 6.45) is 0.0991. The van der Waals surface area contributed by atoms with Crippen molar-refractivity contribution in [1.29, 1.82) is 0 Å². The van der Waals surface area contributed by atoms with Gasteiger partial charge in [-0.1, -0.05) is 11.2 Å². The molecule has 0 bridgehead atoms. The monoisotopic (exact) mass is 393 g/mol. The summed E-state index contributed by atoms with van der Waals surface area (Å²) in [5.74, 6) is -2.31. The first-order valence-electron chi connectivity index (χ1n) is 7.77. The van der Waals surface area contributed by atoms with Crippen LogP contribution in [-0.2, 0) is 20.7 Å². The van der Waals surface area contributed by atoms with Gasteiger partial charge in [-0.2, -0.15) is 4.98 Å². The van der Waals surface area contributed by atoms with Crippen molar-refractivity contribution >= 4 is 28.9 Å². The predicted molar refractivity (Wildman–Crippen MR) is 91.9 cm³/mol. The number of anilines is 1. The van der Waals surface area contributed by atoms with Crippen LogP contribution in [0.2, 0.25) is 0 Å². The quantitative estimate of drug-likeness (QED) is 0.620. The summed E-state index contributed by atoms with van der Waals surface area (Å²) in [6, 6.07) is 6.28. The standard InChI is InChI=1S/C17H13F2N3O4S/c18-10-6-11(19)8-12(7-10)20-14(23)9-25-16(24)4-3-15-21-17(22-26-15)13-2-1-5-27-13/h1-2,5-8H,3-4,9H2,(H,20,23). The fourth-order valence-corrected chi connectivity index (χ4v) is 2.76. The SMILES string of the molecule is O=C(COC(=O)CCc1nc(-c2cccs2)no1)Nc1cc(F)cc(F)c1. The molecule has 27 heavy (non-hydrogen) atoms. The number of nitrogens with one attached hydrogen (secondary N) is 1. The van der Waals surface area contributed by atoms with Gasteiger partial charge in [0.05, 0.1) is 11.3 Å². The van der Waals surface area contributed by atoms with Crippen LogP contribution in [-0.4, -0.2) is 28.6 Å². The molecule has 0 aliphatic heterocycles. The summed E-state index contributed by atoms with van der Waals surface area (Å²) in [5, 5.41) is 7.94. The molecule has 2 aromatic heterocycles. The van der Waals surface area contributed by atoms with Gasteiger partial charge >= 0.3 is 5.97 Å². The van der Waals surface area contributed by atoms with Crippen molar-refractivity contribution < 1.29 is 27.6 Å². The van der Waals surface area contributed by atoms with E-state index in [2.05, 4.69) is 15.5 Å². The molecule has 10 heteroatoms. The van der Waals surface area contributed by atoms with Crippen LogP contribution in [0.5, 0.6) is 0 Å². The summed E-state index contributed by atoms with van der Waals surface area (Å²) in [5.41, 5.74) is -0.0690. The number of rotatable bonds is 7. The van der Waals surface area contributed by atoms with Crippen molar-refractivity contribution in [2.45, 2.75) is 12.8 Å². The zero-order valence-electron chi connectivity index (χ0n) is 13.8. The highest BCUT2D eigenvalue weighted by Gasteiger charge is 2.13. The number of esters is 1. The number of aromatic nitrogens is 2. The molecule has 3 rings (SSSR count). The van der Waals surface area contributed by atoms with Crippen LogP contribution in [0.25, 0.3) is 10.7 Å². The minimum absolute atomic E-state index is 0.0616. The molecule has 0 radical (unpaired) electrons. The molecule has 1 amide bonds. The number of ether oxygens (including phenoxy) is 1. The van der Waals surface area contributed by atoms with Gasteiger partial charge in [0.25, 0.3) is 5.91 Å². The molecule has 0 aliphatic rings. The molecule has 0 aliphatic carbocycles. The van der Waals surface area contributed by atoms with Crippen LogP contribution < -0.4 is 5.32 Å². The molecule has 0 saturated carbocycles. The Labute approximate surface area is 156 Å². The molecule has 0 unspecified atom stereocenters. The summed E-state index contributed by atoms with van der Waals surface area (Å²) in [7, 11) is 0. The third-order valence-electron chi connectivity index (χ3n) is 3.26. The van der Waals surface area contributed by atoms with Crippen LogP contribution >= 0.6 is 11.3 Å². The average Bonchev–Trinajstić information content (AvgIpc) is 3.28. The third-order valence-corrected chi connectivity index (χ3v) is 4.13. The topological polar surface area (TPSA) is 94.3 Å². The number of benzene rings is 1. The van der Waals surface area contributed by atoms with Gasteiger partial charge in [-0.15, -0.1) is 11.3 Å². The first kappa shape index (κ1) is 18.6. The molecular weight excluding hydrogens is 380 g/mol. The minimum atomic E-state index is -0.830. The molecule has 2 heterocycles. The van der Waals surface area contributed by atoms with Crippen molar-refractivity contribution in [2.75, 3.05) is 11.9 Å². The smallest absolute Gasteiger partial charge is 0.306 e. The lowest BCUT2D eigenvalue weighted by molar-refractivity contribution is -0.147. The lowest BCUT2D eigenvalue weighted by Crippen LogP contribution is -2.21. The molecule has 1 aromatic carbocycles. The zero-order valence-corrected chi connectivity index (χ0v) is 14.6. The number of hydrogen-bond donors (Lipinski definition) is 1. The highest BCUT2D eigenvalue weighted by atomic mass is 32.1. The maximum atomic E-state index is 13.0. The number of carbonyl (C=O) groups is 2. The Balaban J connectivity index is 1.42. The van der Waals surface area contributed by atoms with Crippen molar-refractivity contribution in [3.63, 3.8) is 0 Å². The van der Waals surface area contributed by atoms with Crippen molar-refractivity contribution in [2.24, 2.45) is 0 Å². The van der Waals surface area contributed by atoms with E-state index in [1.807, 2.05) is 17.5 Å². The number of halogens is 2. The first-order chi connectivity index (χ1) is 13.0. The summed E-state index contributed by atoms with van der Waals surface area (Å²) in [4.78, 5) is 28.4. The molecule has 0 atom stereocenters. The van der Waals surface area contributed by atoms with Crippen molar-refractivity contribution in [1.82, 2.24) is 10.1 Å². The van der Waals surface area contributed by atoms with E-state index in [1.54, 1.807) is 0 Å². The molecular formula is C17H13F2N3O4S. The Kier molecular flexibility index (Phi) is 5.87. The average molecular weight is 393 g/mol. The lowest BCUT2D eigenvalue weighted by atomic mass is 10.3. The molecule has 0 saturated heterocycles. The van der Waals surface area contributed by atoms with Gasteiger partial charge in [0.1, 0.15) is 11.6 Å². The number of aryl methyl sites for hydroxylation is 1. The van der Waals surface area contributed by atoms with Crippen LogP contribution in [0, 0.1) is 11.6 Å². The Morgan fingerprint density at radius 3 is 2.70 bits per heavy atom. The van der Waals surface area contributed by atoms with E-state index in [4.69, 9.17) is 9.26 Å². The van der Waals surface area contributed by atoms with Gasteiger partial charge in [-0.25, -0.2) is 8.78 Å². The van der Waals surface area contributed by atoms with Crippen molar-refractivity contribution in [3.8, 4) is 10.7 Å². The Morgan fingerprint density at radius 1 is 1.22 bits per heavy atom. The third kappa shape index (κ3) is 5.42. The lowest BCUT2D eigenvalue weighted by Gasteiger charge is -2.06. The summed E-state index contributed by atoms with van der Waals surface area (Å²) >= 11 is 1.46. The van der Waals surface area contributed by atoms with E-state index in [-0.39, 0.29) is 24.4 Å². The predicted octanol–water partition coefficient (Wildman–Crippen LogP) is 3.19. The largest absolute Gasteiger partial charge is 0.456 e. The molecule has 0 spiro atoms. The molecule has 3 aromatic rings. The maximum Gasteiger partial charge on any atom is 0.306 e. The highest BCUT2D eigenvalue weighted by Crippen LogP contribution is 2.21.